The van der Waals surface area contributed by atoms with E-state index in [1.807, 2.05) is 12.1 Å². The smallest absolute Gasteiger partial charge is 0.142 e. The zero-order valence-electron chi connectivity index (χ0n) is 12.8. The van der Waals surface area contributed by atoms with Gasteiger partial charge in [0, 0.05) is 25.2 Å². The number of rotatable bonds is 4. The third kappa shape index (κ3) is 3.57. The van der Waals surface area contributed by atoms with Gasteiger partial charge in [-0.15, -0.1) is 0 Å². The lowest BCUT2D eigenvalue weighted by Crippen LogP contribution is -2.39. The van der Waals surface area contributed by atoms with Crippen molar-refractivity contribution in [3.05, 3.63) is 18.2 Å². The number of benzene rings is 1. The molecule has 0 bridgehead atoms. The summed E-state index contributed by atoms with van der Waals surface area (Å²) < 4.78 is 10.9. The first-order valence-electron chi connectivity index (χ1n) is 7.48. The molecule has 2 rings (SSSR count). The normalized spacial score (nSPS) is 20.1. The van der Waals surface area contributed by atoms with E-state index in [2.05, 4.69) is 23.2 Å². The van der Waals surface area contributed by atoms with Crippen LogP contribution in [-0.2, 0) is 0 Å². The minimum Gasteiger partial charge on any atom is -0.497 e. The van der Waals surface area contributed by atoms with Gasteiger partial charge < -0.3 is 19.7 Å². The Hall–Kier alpha value is -1.42. The van der Waals surface area contributed by atoms with Gasteiger partial charge in [0.25, 0.3) is 0 Å². The van der Waals surface area contributed by atoms with Crippen LogP contribution < -0.4 is 19.7 Å². The van der Waals surface area contributed by atoms with Gasteiger partial charge in [-0.1, -0.05) is 6.92 Å². The van der Waals surface area contributed by atoms with Gasteiger partial charge in [-0.25, -0.2) is 0 Å². The van der Waals surface area contributed by atoms with Crippen LogP contribution in [0, 0.1) is 0 Å². The van der Waals surface area contributed by atoms with Crippen LogP contribution in [-0.4, -0.2) is 39.9 Å². The van der Waals surface area contributed by atoms with E-state index >= 15 is 0 Å². The van der Waals surface area contributed by atoms with Crippen LogP contribution in [0.2, 0.25) is 0 Å². The number of nitrogens with zero attached hydrogens (tertiary/aromatic N) is 1. The van der Waals surface area contributed by atoms with Gasteiger partial charge in [-0.3, -0.25) is 0 Å². The van der Waals surface area contributed by atoms with Crippen molar-refractivity contribution < 1.29 is 9.47 Å². The van der Waals surface area contributed by atoms with Crippen molar-refractivity contribution in [3.8, 4) is 11.5 Å². The van der Waals surface area contributed by atoms with Crippen LogP contribution in [0.15, 0.2) is 18.2 Å². The van der Waals surface area contributed by atoms with E-state index in [4.69, 9.17) is 9.47 Å². The molecule has 1 unspecified atom stereocenters. The molecule has 1 aromatic carbocycles. The van der Waals surface area contributed by atoms with Crippen molar-refractivity contribution >= 4 is 5.69 Å². The lowest BCUT2D eigenvalue weighted by molar-refractivity contribution is 0.399. The Kier molecular flexibility index (Phi) is 5.53. The molecule has 1 aliphatic rings. The van der Waals surface area contributed by atoms with Gasteiger partial charge in [-0.05, 0) is 37.9 Å². The summed E-state index contributed by atoms with van der Waals surface area (Å²) in [4.78, 5) is 2.42. The molecule has 1 atom stereocenters. The number of hydrogen-bond acceptors (Lipinski definition) is 4. The molecule has 1 N–H and O–H groups in total. The first-order valence-corrected chi connectivity index (χ1v) is 7.48. The summed E-state index contributed by atoms with van der Waals surface area (Å²) >= 11 is 0. The average Bonchev–Trinajstić information content (AvgIpc) is 2.47. The van der Waals surface area contributed by atoms with Crippen LogP contribution in [0.25, 0.3) is 0 Å². The van der Waals surface area contributed by atoms with Gasteiger partial charge in [-0.2, -0.15) is 0 Å². The summed E-state index contributed by atoms with van der Waals surface area (Å²) in [5, 5.41) is 3.61. The van der Waals surface area contributed by atoms with E-state index < -0.39 is 0 Å². The van der Waals surface area contributed by atoms with Crippen LogP contribution in [0.4, 0.5) is 5.69 Å². The van der Waals surface area contributed by atoms with Gasteiger partial charge in [0.05, 0.1) is 19.9 Å². The molecule has 1 saturated heterocycles. The lowest BCUT2D eigenvalue weighted by atomic mass is 10.1. The molecule has 1 fully saturated rings. The highest BCUT2D eigenvalue weighted by Crippen LogP contribution is 2.32. The van der Waals surface area contributed by atoms with Crippen molar-refractivity contribution in [2.24, 2.45) is 0 Å². The Morgan fingerprint density at radius 3 is 2.80 bits per heavy atom. The Morgan fingerprint density at radius 2 is 2.10 bits per heavy atom. The van der Waals surface area contributed by atoms with E-state index in [0.717, 1.165) is 49.7 Å². The topological polar surface area (TPSA) is 33.7 Å². The molecule has 0 amide bonds. The highest BCUT2D eigenvalue weighted by atomic mass is 16.5. The number of methoxy groups -OCH3 is 2. The minimum atomic E-state index is 0.620. The second-order valence-corrected chi connectivity index (χ2v) is 5.23. The Bertz CT molecular complexity index is 423. The maximum absolute atomic E-state index is 5.51. The number of ether oxygens (including phenoxy) is 2. The molecule has 1 aliphatic heterocycles. The van der Waals surface area contributed by atoms with E-state index in [0.29, 0.717) is 6.04 Å². The SMILES string of the molecule is CCC1CCN(c2cc(OC)ccc2OC)CCCN1. The standard InChI is InChI=1S/C16H26N2O2/c1-4-13-8-11-18(10-5-9-17-13)15-12-14(19-2)6-7-16(15)20-3/h6-7,12-13,17H,4-5,8-11H2,1-3H3. The third-order valence-electron chi connectivity index (χ3n) is 4.00. The van der Waals surface area contributed by atoms with Gasteiger partial charge >= 0.3 is 0 Å². The average molecular weight is 278 g/mol. The van der Waals surface area contributed by atoms with Crippen LogP contribution in [0.3, 0.4) is 0 Å². The number of nitrogens with one attached hydrogen (secondary N) is 1. The van der Waals surface area contributed by atoms with Crippen molar-refractivity contribution in [1.29, 1.82) is 0 Å². The molecule has 1 heterocycles. The predicted molar refractivity (Wildman–Crippen MR) is 83.1 cm³/mol. The summed E-state index contributed by atoms with van der Waals surface area (Å²) in [6, 6.07) is 6.63. The zero-order valence-corrected chi connectivity index (χ0v) is 12.8. The minimum absolute atomic E-state index is 0.620. The Morgan fingerprint density at radius 1 is 1.25 bits per heavy atom. The fraction of sp³-hybridized carbons (Fsp3) is 0.625. The molecule has 0 radical (unpaired) electrons. The molecular weight excluding hydrogens is 252 g/mol. The summed E-state index contributed by atoms with van der Waals surface area (Å²) in [5.41, 5.74) is 1.14. The molecule has 4 nitrogen and oxygen atoms in total. The maximum Gasteiger partial charge on any atom is 0.142 e. The van der Waals surface area contributed by atoms with E-state index in [1.54, 1.807) is 14.2 Å². The lowest BCUT2D eigenvalue weighted by Gasteiger charge is -2.31. The number of hydrogen-bond donors (Lipinski definition) is 1. The first kappa shape index (κ1) is 15.0. The summed E-state index contributed by atoms with van der Waals surface area (Å²) in [7, 11) is 3.43. The third-order valence-corrected chi connectivity index (χ3v) is 4.00. The second kappa shape index (κ2) is 7.39. The van der Waals surface area contributed by atoms with Crippen molar-refractivity contribution in [2.45, 2.75) is 32.2 Å². The molecule has 1 aromatic rings. The molecule has 0 spiro atoms. The van der Waals surface area contributed by atoms with Crippen molar-refractivity contribution in [1.82, 2.24) is 5.32 Å². The first-order chi connectivity index (χ1) is 9.78. The zero-order chi connectivity index (χ0) is 14.4. The molecule has 0 saturated carbocycles. The van der Waals surface area contributed by atoms with Crippen molar-refractivity contribution in [3.63, 3.8) is 0 Å². The molecule has 0 aliphatic carbocycles. The largest absolute Gasteiger partial charge is 0.497 e. The van der Waals surface area contributed by atoms with Crippen molar-refractivity contribution in [2.75, 3.05) is 38.8 Å². The molecule has 20 heavy (non-hydrogen) atoms. The monoisotopic (exact) mass is 278 g/mol. The fourth-order valence-electron chi connectivity index (χ4n) is 2.73. The maximum atomic E-state index is 5.51. The summed E-state index contributed by atoms with van der Waals surface area (Å²) in [5.74, 6) is 1.81. The Balaban J connectivity index is 2.19. The highest BCUT2D eigenvalue weighted by Gasteiger charge is 2.17. The fourth-order valence-corrected chi connectivity index (χ4v) is 2.73. The number of anilines is 1. The van der Waals surface area contributed by atoms with E-state index in [-0.39, 0.29) is 0 Å². The van der Waals surface area contributed by atoms with Crippen LogP contribution in [0.5, 0.6) is 11.5 Å². The molecule has 0 aromatic heterocycles. The highest BCUT2D eigenvalue weighted by molar-refractivity contribution is 5.61. The second-order valence-electron chi connectivity index (χ2n) is 5.23. The predicted octanol–water partition coefficient (Wildman–Crippen LogP) is 2.67. The molecule has 4 heteroatoms. The quantitative estimate of drug-likeness (QED) is 0.918. The van der Waals surface area contributed by atoms with E-state index in [1.165, 1.54) is 6.42 Å². The van der Waals surface area contributed by atoms with Gasteiger partial charge in [0.1, 0.15) is 11.5 Å². The van der Waals surface area contributed by atoms with Crippen LogP contribution >= 0.6 is 0 Å². The van der Waals surface area contributed by atoms with E-state index in [9.17, 15) is 0 Å². The van der Waals surface area contributed by atoms with Gasteiger partial charge in [0.2, 0.25) is 0 Å². The van der Waals surface area contributed by atoms with Crippen LogP contribution in [0.1, 0.15) is 26.2 Å². The molecular formula is C16H26N2O2. The summed E-state index contributed by atoms with van der Waals surface area (Å²) in [6.07, 6.45) is 3.50. The Labute approximate surface area is 122 Å². The molecule has 112 valence electrons. The summed E-state index contributed by atoms with van der Waals surface area (Å²) in [6.45, 7) is 5.43. The van der Waals surface area contributed by atoms with Gasteiger partial charge in [0.15, 0.2) is 0 Å².